The standard InChI is InChI=1S/C18H19NO3S2/c1-13(2)14-5-7-15(8-6-14)19(16-9-11-24(21,22)12-16)18(20)17-4-3-10-23-17/h3-11,13,16H,12H2,1-2H3. The quantitative estimate of drug-likeness (QED) is 0.832. The van der Waals surface area contributed by atoms with Crippen molar-refractivity contribution < 1.29 is 13.2 Å². The van der Waals surface area contributed by atoms with Crippen LogP contribution in [0.15, 0.2) is 53.3 Å². The van der Waals surface area contributed by atoms with Gasteiger partial charge in [-0.1, -0.05) is 32.0 Å². The number of rotatable bonds is 4. The lowest BCUT2D eigenvalue weighted by molar-refractivity contribution is 0.0987. The van der Waals surface area contributed by atoms with Gasteiger partial charge in [0.1, 0.15) is 0 Å². The van der Waals surface area contributed by atoms with Gasteiger partial charge in [-0.2, -0.15) is 0 Å². The van der Waals surface area contributed by atoms with Crippen LogP contribution in [0, 0.1) is 0 Å². The van der Waals surface area contributed by atoms with Crippen LogP contribution < -0.4 is 4.90 Å². The molecule has 0 saturated heterocycles. The largest absolute Gasteiger partial charge is 0.300 e. The molecule has 2 heterocycles. The maximum absolute atomic E-state index is 12.9. The second-order valence-corrected chi connectivity index (χ2v) is 9.00. The average molecular weight is 361 g/mol. The van der Waals surface area contributed by atoms with Crippen molar-refractivity contribution in [1.29, 1.82) is 0 Å². The highest BCUT2D eigenvalue weighted by atomic mass is 32.2. The zero-order chi connectivity index (χ0) is 17.3. The first-order valence-electron chi connectivity index (χ1n) is 7.75. The molecule has 1 atom stereocenters. The fourth-order valence-electron chi connectivity index (χ4n) is 2.72. The Labute approximate surface area is 146 Å². The van der Waals surface area contributed by atoms with Crippen molar-refractivity contribution in [2.75, 3.05) is 10.7 Å². The molecule has 4 nitrogen and oxygen atoms in total. The summed E-state index contributed by atoms with van der Waals surface area (Å²) >= 11 is 1.36. The first-order chi connectivity index (χ1) is 11.4. The summed E-state index contributed by atoms with van der Waals surface area (Å²) < 4.78 is 23.6. The van der Waals surface area contributed by atoms with E-state index in [0.29, 0.717) is 16.5 Å². The summed E-state index contributed by atoms with van der Waals surface area (Å²) in [6.45, 7) is 4.21. The summed E-state index contributed by atoms with van der Waals surface area (Å²) in [5.41, 5.74) is 1.89. The molecule has 0 saturated carbocycles. The minimum atomic E-state index is -3.24. The van der Waals surface area contributed by atoms with Crippen LogP contribution in [-0.4, -0.2) is 26.1 Å². The van der Waals surface area contributed by atoms with Gasteiger partial charge in [0.2, 0.25) is 0 Å². The molecule has 24 heavy (non-hydrogen) atoms. The molecule has 1 aromatic heterocycles. The van der Waals surface area contributed by atoms with Crippen LogP contribution in [0.1, 0.15) is 35.0 Å². The molecule has 0 fully saturated rings. The first kappa shape index (κ1) is 16.9. The Balaban J connectivity index is 1.99. The zero-order valence-corrected chi connectivity index (χ0v) is 15.2. The van der Waals surface area contributed by atoms with Gasteiger partial charge in [0.15, 0.2) is 9.84 Å². The molecule has 6 heteroatoms. The molecule has 3 rings (SSSR count). The molecule has 1 amide bonds. The van der Waals surface area contributed by atoms with Crippen LogP contribution in [0.5, 0.6) is 0 Å². The maximum atomic E-state index is 12.9. The lowest BCUT2D eigenvalue weighted by Crippen LogP contribution is -2.41. The Bertz CT molecular complexity index is 850. The van der Waals surface area contributed by atoms with Crippen molar-refractivity contribution in [3.63, 3.8) is 0 Å². The highest BCUT2D eigenvalue weighted by Gasteiger charge is 2.32. The lowest BCUT2D eigenvalue weighted by Gasteiger charge is -2.27. The number of amides is 1. The molecule has 1 aliphatic rings. The molecule has 0 radical (unpaired) electrons. The molecule has 1 aromatic carbocycles. The highest BCUT2D eigenvalue weighted by molar-refractivity contribution is 7.94. The lowest BCUT2D eigenvalue weighted by atomic mass is 10.0. The Kier molecular flexibility index (Phi) is 4.60. The van der Waals surface area contributed by atoms with Gasteiger partial charge in [-0.05, 0) is 41.1 Å². The number of sulfone groups is 1. The number of benzene rings is 1. The first-order valence-corrected chi connectivity index (χ1v) is 10.3. The van der Waals surface area contributed by atoms with Crippen LogP contribution in [0.3, 0.4) is 0 Å². The molecule has 0 N–H and O–H groups in total. The van der Waals surface area contributed by atoms with Crippen LogP contribution in [0.4, 0.5) is 5.69 Å². The van der Waals surface area contributed by atoms with E-state index in [9.17, 15) is 13.2 Å². The third-order valence-electron chi connectivity index (χ3n) is 4.03. The number of nitrogens with zero attached hydrogens (tertiary/aromatic N) is 1. The van der Waals surface area contributed by atoms with E-state index in [1.165, 1.54) is 22.3 Å². The van der Waals surface area contributed by atoms with E-state index in [2.05, 4.69) is 13.8 Å². The van der Waals surface area contributed by atoms with Gasteiger partial charge in [-0.25, -0.2) is 8.42 Å². The van der Waals surface area contributed by atoms with Crippen molar-refractivity contribution in [2.45, 2.75) is 25.8 Å². The summed E-state index contributed by atoms with van der Waals surface area (Å²) in [6, 6.07) is 10.9. The number of hydrogen-bond acceptors (Lipinski definition) is 4. The van der Waals surface area contributed by atoms with E-state index in [0.717, 1.165) is 0 Å². The van der Waals surface area contributed by atoms with E-state index in [4.69, 9.17) is 0 Å². The fourth-order valence-corrected chi connectivity index (χ4v) is 4.65. The Morgan fingerprint density at radius 1 is 1.21 bits per heavy atom. The summed E-state index contributed by atoms with van der Waals surface area (Å²) in [5.74, 6) is 0.150. The van der Waals surface area contributed by atoms with E-state index in [-0.39, 0.29) is 11.7 Å². The monoisotopic (exact) mass is 361 g/mol. The Morgan fingerprint density at radius 3 is 2.42 bits per heavy atom. The SMILES string of the molecule is CC(C)c1ccc(N(C(=O)c2cccs2)C2C=CS(=O)(=O)C2)cc1. The number of carbonyl (C=O) groups excluding carboxylic acids is 1. The smallest absolute Gasteiger partial charge is 0.268 e. The van der Waals surface area contributed by atoms with Gasteiger partial charge < -0.3 is 0 Å². The van der Waals surface area contributed by atoms with Crippen molar-refractivity contribution in [3.8, 4) is 0 Å². The number of hydrogen-bond donors (Lipinski definition) is 0. The van der Waals surface area contributed by atoms with Crippen LogP contribution in [0.2, 0.25) is 0 Å². The number of anilines is 1. The molecule has 0 bridgehead atoms. The maximum Gasteiger partial charge on any atom is 0.268 e. The van der Waals surface area contributed by atoms with E-state index < -0.39 is 15.9 Å². The second kappa shape index (κ2) is 6.53. The predicted molar refractivity (Wildman–Crippen MR) is 98.4 cm³/mol. The summed E-state index contributed by atoms with van der Waals surface area (Å²) in [7, 11) is -3.24. The highest BCUT2D eigenvalue weighted by Crippen LogP contribution is 2.27. The molecule has 1 aliphatic heterocycles. The zero-order valence-electron chi connectivity index (χ0n) is 13.5. The molecular weight excluding hydrogens is 342 g/mol. The topological polar surface area (TPSA) is 54.5 Å². The van der Waals surface area contributed by atoms with Gasteiger partial charge in [0.05, 0.1) is 16.7 Å². The van der Waals surface area contributed by atoms with Gasteiger partial charge in [0, 0.05) is 11.1 Å². The van der Waals surface area contributed by atoms with Gasteiger partial charge in [-0.15, -0.1) is 11.3 Å². The van der Waals surface area contributed by atoms with Crippen molar-refractivity contribution in [2.24, 2.45) is 0 Å². The van der Waals surface area contributed by atoms with E-state index >= 15 is 0 Å². The van der Waals surface area contributed by atoms with Crippen molar-refractivity contribution in [1.82, 2.24) is 0 Å². The Hall–Kier alpha value is -1.92. The minimum Gasteiger partial charge on any atom is -0.300 e. The molecule has 0 aliphatic carbocycles. The van der Waals surface area contributed by atoms with Crippen molar-refractivity contribution >= 4 is 32.8 Å². The van der Waals surface area contributed by atoms with E-state index in [1.54, 1.807) is 17.0 Å². The third kappa shape index (κ3) is 3.44. The fraction of sp³-hybridized carbons (Fsp3) is 0.278. The van der Waals surface area contributed by atoms with Crippen LogP contribution >= 0.6 is 11.3 Å². The van der Waals surface area contributed by atoms with E-state index in [1.807, 2.05) is 35.7 Å². The second-order valence-electron chi connectivity index (χ2n) is 6.12. The normalized spacial score (nSPS) is 18.9. The summed E-state index contributed by atoms with van der Waals surface area (Å²) in [5, 5.41) is 3.05. The van der Waals surface area contributed by atoms with Crippen LogP contribution in [0.25, 0.3) is 0 Å². The Morgan fingerprint density at radius 2 is 1.92 bits per heavy atom. The minimum absolute atomic E-state index is 0.0734. The van der Waals surface area contributed by atoms with Gasteiger partial charge >= 0.3 is 0 Å². The third-order valence-corrected chi connectivity index (χ3v) is 6.27. The summed E-state index contributed by atoms with van der Waals surface area (Å²) in [4.78, 5) is 15.1. The van der Waals surface area contributed by atoms with Crippen LogP contribution in [-0.2, 0) is 9.84 Å². The van der Waals surface area contributed by atoms with Gasteiger partial charge in [-0.3, -0.25) is 9.69 Å². The predicted octanol–water partition coefficient (Wildman–Crippen LogP) is 3.83. The molecule has 0 spiro atoms. The average Bonchev–Trinajstić information content (AvgIpc) is 3.18. The number of thiophene rings is 1. The van der Waals surface area contributed by atoms with Crippen molar-refractivity contribution in [3.05, 3.63) is 63.7 Å². The molecular formula is C18H19NO3S2. The summed E-state index contributed by atoms with van der Waals surface area (Å²) in [6.07, 6.45) is 1.59. The van der Waals surface area contributed by atoms with Gasteiger partial charge in [0.25, 0.3) is 5.91 Å². The molecule has 1 unspecified atom stereocenters. The number of carbonyl (C=O) groups is 1. The molecule has 126 valence electrons. The molecule has 2 aromatic rings.